The van der Waals surface area contributed by atoms with E-state index in [1.54, 1.807) is 7.11 Å². The molecule has 0 heterocycles. The van der Waals surface area contributed by atoms with Crippen molar-refractivity contribution < 1.29 is 9.47 Å². The summed E-state index contributed by atoms with van der Waals surface area (Å²) in [7, 11) is 1.67. The molecule has 2 aromatic rings. The first-order valence-corrected chi connectivity index (χ1v) is 6.58. The second-order valence-corrected chi connectivity index (χ2v) is 4.54. The summed E-state index contributed by atoms with van der Waals surface area (Å²) in [4.78, 5) is 0. The number of methoxy groups -OCH3 is 1. The Morgan fingerprint density at radius 2 is 1.47 bits per heavy atom. The van der Waals surface area contributed by atoms with Gasteiger partial charge in [0, 0.05) is 13.0 Å². The van der Waals surface area contributed by atoms with Gasteiger partial charge >= 0.3 is 0 Å². The largest absolute Gasteiger partial charge is 0.491 e. The van der Waals surface area contributed by atoms with Gasteiger partial charge < -0.3 is 9.47 Å². The highest BCUT2D eigenvalue weighted by atomic mass is 16.5. The molecule has 0 radical (unpaired) electrons. The van der Waals surface area contributed by atoms with Gasteiger partial charge in [0.25, 0.3) is 0 Å². The molecule has 0 saturated carbocycles. The Morgan fingerprint density at radius 3 is 2.11 bits per heavy atom. The molecular weight excluding hydrogens is 236 g/mol. The van der Waals surface area contributed by atoms with Crippen LogP contribution in [0.15, 0.2) is 54.6 Å². The van der Waals surface area contributed by atoms with Crippen LogP contribution >= 0.6 is 0 Å². The molecule has 2 rings (SSSR count). The minimum atomic E-state index is 0.397. The summed E-state index contributed by atoms with van der Waals surface area (Å²) in [5.74, 6) is 1.29. The maximum atomic E-state index is 5.56. The minimum Gasteiger partial charge on any atom is -0.491 e. The quantitative estimate of drug-likeness (QED) is 0.731. The van der Waals surface area contributed by atoms with Gasteiger partial charge in [-0.15, -0.1) is 0 Å². The molecule has 0 aliphatic rings. The molecule has 1 unspecified atom stereocenters. The predicted molar refractivity (Wildman–Crippen MR) is 77.8 cm³/mol. The third-order valence-corrected chi connectivity index (χ3v) is 3.24. The van der Waals surface area contributed by atoms with E-state index in [1.165, 1.54) is 11.1 Å². The van der Waals surface area contributed by atoms with Gasteiger partial charge in [0.05, 0.1) is 6.61 Å². The topological polar surface area (TPSA) is 18.5 Å². The van der Waals surface area contributed by atoms with Crippen molar-refractivity contribution in [2.24, 2.45) is 0 Å². The van der Waals surface area contributed by atoms with Gasteiger partial charge in [-0.05, 0) is 23.3 Å². The molecule has 2 aromatic carbocycles. The van der Waals surface area contributed by atoms with Crippen molar-refractivity contribution in [3.63, 3.8) is 0 Å². The van der Waals surface area contributed by atoms with E-state index in [1.807, 2.05) is 18.2 Å². The third kappa shape index (κ3) is 3.83. The lowest BCUT2D eigenvalue weighted by Crippen LogP contribution is -2.04. The van der Waals surface area contributed by atoms with Crippen molar-refractivity contribution in [1.29, 1.82) is 0 Å². The fourth-order valence-electron chi connectivity index (χ4n) is 2.03. The van der Waals surface area contributed by atoms with Gasteiger partial charge in [-0.1, -0.05) is 49.4 Å². The molecule has 2 heteroatoms. The summed E-state index contributed by atoms with van der Waals surface area (Å²) >= 11 is 0. The summed E-state index contributed by atoms with van der Waals surface area (Å²) in [5, 5.41) is 0. The summed E-state index contributed by atoms with van der Waals surface area (Å²) in [6.07, 6.45) is 0. The van der Waals surface area contributed by atoms with E-state index in [0.717, 1.165) is 5.75 Å². The van der Waals surface area contributed by atoms with E-state index < -0.39 is 0 Å². The smallest absolute Gasteiger partial charge is 0.119 e. The summed E-state index contributed by atoms with van der Waals surface area (Å²) in [6.45, 7) is 3.42. The van der Waals surface area contributed by atoms with Gasteiger partial charge in [-0.25, -0.2) is 0 Å². The molecule has 0 bridgehead atoms. The maximum Gasteiger partial charge on any atom is 0.119 e. The molecule has 2 nitrogen and oxygen atoms in total. The molecule has 0 aromatic heterocycles. The monoisotopic (exact) mass is 256 g/mol. The first-order valence-electron chi connectivity index (χ1n) is 6.58. The Balaban J connectivity index is 2.02. The van der Waals surface area contributed by atoms with Crippen molar-refractivity contribution in [2.45, 2.75) is 12.8 Å². The zero-order valence-electron chi connectivity index (χ0n) is 11.5. The Hall–Kier alpha value is -1.80. The Kier molecular flexibility index (Phi) is 4.99. The average Bonchev–Trinajstić information content (AvgIpc) is 2.48. The average molecular weight is 256 g/mol. The summed E-state index contributed by atoms with van der Waals surface area (Å²) < 4.78 is 10.5. The second kappa shape index (κ2) is 6.95. The summed E-state index contributed by atoms with van der Waals surface area (Å²) in [5.41, 5.74) is 2.63. The number of ether oxygens (including phenoxy) is 2. The molecule has 0 aliphatic carbocycles. The van der Waals surface area contributed by atoms with Gasteiger partial charge in [0.1, 0.15) is 12.4 Å². The lowest BCUT2D eigenvalue weighted by Gasteiger charge is -2.13. The van der Waals surface area contributed by atoms with Crippen molar-refractivity contribution >= 4 is 0 Å². The number of rotatable bonds is 6. The predicted octanol–water partition coefficient (Wildman–Crippen LogP) is 3.86. The van der Waals surface area contributed by atoms with Gasteiger partial charge in [-0.3, -0.25) is 0 Å². The molecule has 1 atom stereocenters. The second-order valence-electron chi connectivity index (χ2n) is 4.54. The van der Waals surface area contributed by atoms with Crippen LogP contribution in [-0.2, 0) is 4.74 Å². The molecule has 0 amide bonds. The normalized spacial score (nSPS) is 12.1. The number of hydrogen-bond donors (Lipinski definition) is 0. The van der Waals surface area contributed by atoms with Gasteiger partial charge in [0.2, 0.25) is 0 Å². The Bertz CT molecular complexity index is 476. The Morgan fingerprint density at radius 1 is 0.842 bits per heavy atom. The first-order chi connectivity index (χ1) is 9.31. The highest BCUT2D eigenvalue weighted by molar-refractivity contribution is 5.35. The van der Waals surface area contributed by atoms with Crippen LogP contribution in [0.5, 0.6) is 5.75 Å². The minimum absolute atomic E-state index is 0.397. The first kappa shape index (κ1) is 13.6. The molecule has 0 fully saturated rings. The van der Waals surface area contributed by atoms with Crippen LogP contribution in [0.1, 0.15) is 24.0 Å². The van der Waals surface area contributed by atoms with Crippen LogP contribution in [0.4, 0.5) is 0 Å². The van der Waals surface area contributed by atoms with Crippen molar-refractivity contribution in [3.05, 3.63) is 65.7 Å². The van der Waals surface area contributed by atoms with E-state index in [9.17, 15) is 0 Å². The molecule has 0 aliphatic heterocycles. The standard InChI is InChI=1S/C17H20O2/c1-14(15-6-4-3-5-7-15)16-8-10-17(11-9-16)19-13-12-18-2/h3-11,14H,12-13H2,1-2H3. The molecule has 0 saturated heterocycles. The highest BCUT2D eigenvalue weighted by Crippen LogP contribution is 2.25. The van der Waals surface area contributed by atoms with Crippen LogP contribution < -0.4 is 4.74 Å². The fraction of sp³-hybridized carbons (Fsp3) is 0.294. The summed E-state index contributed by atoms with van der Waals surface area (Å²) in [6, 6.07) is 18.8. The highest BCUT2D eigenvalue weighted by Gasteiger charge is 2.07. The SMILES string of the molecule is COCCOc1ccc(C(C)c2ccccc2)cc1. The van der Waals surface area contributed by atoms with E-state index in [0.29, 0.717) is 19.1 Å². The molecule has 100 valence electrons. The van der Waals surface area contributed by atoms with E-state index in [2.05, 4.69) is 43.3 Å². The van der Waals surface area contributed by atoms with Crippen LogP contribution in [0.25, 0.3) is 0 Å². The Labute approximate surface area is 115 Å². The van der Waals surface area contributed by atoms with Gasteiger partial charge in [0.15, 0.2) is 0 Å². The number of benzene rings is 2. The van der Waals surface area contributed by atoms with Crippen molar-refractivity contribution in [1.82, 2.24) is 0 Å². The molecule has 0 N–H and O–H groups in total. The van der Waals surface area contributed by atoms with E-state index >= 15 is 0 Å². The van der Waals surface area contributed by atoms with Crippen LogP contribution in [-0.4, -0.2) is 20.3 Å². The van der Waals surface area contributed by atoms with Gasteiger partial charge in [-0.2, -0.15) is 0 Å². The van der Waals surface area contributed by atoms with Crippen molar-refractivity contribution in [3.8, 4) is 5.75 Å². The zero-order chi connectivity index (χ0) is 13.5. The molecule has 19 heavy (non-hydrogen) atoms. The molecule has 0 spiro atoms. The maximum absolute atomic E-state index is 5.56. The lowest BCUT2D eigenvalue weighted by molar-refractivity contribution is 0.146. The van der Waals surface area contributed by atoms with E-state index in [4.69, 9.17) is 9.47 Å². The number of hydrogen-bond acceptors (Lipinski definition) is 2. The zero-order valence-corrected chi connectivity index (χ0v) is 11.5. The third-order valence-electron chi connectivity index (χ3n) is 3.24. The van der Waals surface area contributed by atoms with Crippen LogP contribution in [0, 0.1) is 0 Å². The van der Waals surface area contributed by atoms with Crippen LogP contribution in [0.3, 0.4) is 0 Å². The van der Waals surface area contributed by atoms with E-state index in [-0.39, 0.29) is 0 Å². The lowest BCUT2D eigenvalue weighted by atomic mass is 9.93. The van der Waals surface area contributed by atoms with Crippen molar-refractivity contribution in [2.75, 3.05) is 20.3 Å². The molecular formula is C17H20O2. The van der Waals surface area contributed by atoms with Crippen LogP contribution in [0.2, 0.25) is 0 Å². The fourth-order valence-corrected chi connectivity index (χ4v) is 2.03.